The maximum absolute atomic E-state index is 12.4. The van der Waals surface area contributed by atoms with Crippen LogP contribution in [0.15, 0.2) is 6.08 Å². The summed E-state index contributed by atoms with van der Waals surface area (Å²) in [5, 5.41) is 12.6. The monoisotopic (exact) mass is 277 g/mol. The molecule has 0 aliphatic rings. The van der Waals surface area contributed by atoms with Crippen molar-refractivity contribution in [1.82, 2.24) is 9.78 Å². The summed E-state index contributed by atoms with van der Waals surface area (Å²) in [7, 11) is 2.79. The number of halogens is 3. The molecule has 5 nitrogen and oxygen atoms in total. The summed E-state index contributed by atoms with van der Waals surface area (Å²) in [4.78, 5) is 11.5. The van der Waals surface area contributed by atoms with Crippen molar-refractivity contribution in [3.63, 3.8) is 0 Å². The fourth-order valence-electron chi connectivity index (χ4n) is 1.81. The van der Waals surface area contributed by atoms with Crippen LogP contribution in [0.2, 0.25) is 0 Å². The minimum absolute atomic E-state index is 0.215. The number of nitrogens with zero attached hydrogens (tertiary/aromatic N) is 3. The van der Waals surface area contributed by atoms with E-state index < -0.39 is 18.7 Å². The summed E-state index contributed by atoms with van der Waals surface area (Å²) in [5.74, 6) is -0.958. The molecule has 1 N–H and O–H groups in total. The molecule has 0 unspecified atom stereocenters. The molecular formula is C11H14F3N3O2. The van der Waals surface area contributed by atoms with Gasteiger partial charge in [0.05, 0.1) is 5.69 Å². The van der Waals surface area contributed by atoms with E-state index >= 15 is 0 Å². The highest BCUT2D eigenvalue weighted by Crippen LogP contribution is 2.26. The average Bonchev–Trinajstić information content (AvgIpc) is 2.47. The van der Waals surface area contributed by atoms with Gasteiger partial charge in [-0.2, -0.15) is 18.3 Å². The molecule has 0 bridgehead atoms. The first-order valence-corrected chi connectivity index (χ1v) is 5.34. The third-order valence-electron chi connectivity index (χ3n) is 2.41. The van der Waals surface area contributed by atoms with Crippen molar-refractivity contribution in [3.05, 3.63) is 17.3 Å². The molecule has 1 aromatic heterocycles. The number of alkyl halides is 3. The Bertz CT molecular complexity index is 506. The lowest BCUT2D eigenvalue weighted by molar-refractivity contribution is -0.131. The Hall–Kier alpha value is -1.99. The predicted octanol–water partition coefficient (Wildman–Crippen LogP) is 1.82. The molecule has 0 aromatic carbocycles. The number of aliphatic carboxylic acids is 1. The topological polar surface area (TPSA) is 58.4 Å². The van der Waals surface area contributed by atoms with Gasteiger partial charge in [-0.1, -0.05) is 0 Å². The fourth-order valence-corrected chi connectivity index (χ4v) is 1.81. The van der Waals surface area contributed by atoms with Crippen molar-refractivity contribution in [2.45, 2.75) is 13.1 Å². The number of aryl methyl sites for hydroxylation is 2. The maximum atomic E-state index is 12.4. The zero-order chi connectivity index (χ0) is 14.8. The second kappa shape index (κ2) is 5.33. The van der Waals surface area contributed by atoms with E-state index in [1.165, 1.54) is 24.9 Å². The summed E-state index contributed by atoms with van der Waals surface area (Å²) in [5.41, 5.74) is 0.820. The molecule has 0 saturated carbocycles. The molecule has 0 aliphatic carbocycles. The van der Waals surface area contributed by atoms with Crippen molar-refractivity contribution in [2.24, 2.45) is 7.05 Å². The summed E-state index contributed by atoms with van der Waals surface area (Å²) in [6.07, 6.45) is -2.23. The van der Waals surface area contributed by atoms with Crippen LogP contribution < -0.4 is 4.90 Å². The Morgan fingerprint density at radius 2 is 2.11 bits per heavy atom. The largest absolute Gasteiger partial charge is 0.478 e. The molecular weight excluding hydrogens is 263 g/mol. The molecule has 0 atom stereocenters. The van der Waals surface area contributed by atoms with Gasteiger partial charge in [-0.25, -0.2) is 4.79 Å². The highest BCUT2D eigenvalue weighted by atomic mass is 19.4. The zero-order valence-electron chi connectivity index (χ0n) is 10.7. The van der Waals surface area contributed by atoms with Crippen LogP contribution in [0.25, 0.3) is 6.08 Å². The number of carboxylic acid groups (broad SMARTS) is 1. The standard InChI is InChI=1S/C11H14F3N3O2/c1-7-8(4-5-9(18)19)10(17(3)15-7)16(2)6-11(12,13)14/h4-5H,6H2,1-3H3,(H,18,19)/b5-4+. The Morgan fingerprint density at radius 1 is 1.53 bits per heavy atom. The van der Waals surface area contributed by atoms with Gasteiger partial charge in [0.2, 0.25) is 0 Å². The van der Waals surface area contributed by atoms with Crippen LogP contribution in [0.3, 0.4) is 0 Å². The van der Waals surface area contributed by atoms with Crippen LogP contribution in [0, 0.1) is 6.92 Å². The minimum Gasteiger partial charge on any atom is -0.478 e. The van der Waals surface area contributed by atoms with E-state index in [2.05, 4.69) is 5.10 Å². The van der Waals surface area contributed by atoms with Crippen molar-refractivity contribution in [2.75, 3.05) is 18.5 Å². The molecule has 1 aromatic rings. The van der Waals surface area contributed by atoms with Crippen molar-refractivity contribution < 1.29 is 23.1 Å². The van der Waals surface area contributed by atoms with E-state index in [-0.39, 0.29) is 5.82 Å². The van der Waals surface area contributed by atoms with Gasteiger partial charge >= 0.3 is 12.1 Å². The Morgan fingerprint density at radius 3 is 2.58 bits per heavy atom. The van der Waals surface area contributed by atoms with Crippen LogP contribution in [0.4, 0.5) is 19.0 Å². The first-order valence-electron chi connectivity index (χ1n) is 5.34. The Kier molecular flexibility index (Phi) is 4.23. The van der Waals surface area contributed by atoms with Gasteiger partial charge < -0.3 is 10.0 Å². The molecule has 0 spiro atoms. The van der Waals surface area contributed by atoms with Gasteiger partial charge in [0, 0.05) is 25.7 Å². The number of hydrogen-bond donors (Lipinski definition) is 1. The van der Waals surface area contributed by atoms with Crippen LogP contribution in [0.1, 0.15) is 11.3 Å². The van der Waals surface area contributed by atoms with Crippen molar-refractivity contribution in [1.29, 1.82) is 0 Å². The van der Waals surface area contributed by atoms with Crippen LogP contribution in [0.5, 0.6) is 0 Å². The number of anilines is 1. The van der Waals surface area contributed by atoms with Crippen molar-refractivity contribution in [3.8, 4) is 0 Å². The van der Waals surface area contributed by atoms with Crippen molar-refractivity contribution >= 4 is 17.9 Å². The van der Waals surface area contributed by atoms with Gasteiger partial charge in [0.1, 0.15) is 12.4 Å². The zero-order valence-corrected chi connectivity index (χ0v) is 10.7. The number of carboxylic acids is 1. The number of carbonyl (C=O) groups is 1. The number of aromatic nitrogens is 2. The van der Waals surface area contributed by atoms with Gasteiger partial charge in [-0.3, -0.25) is 4.68 Å². The van der Waals surface area contributed by atoms with E-state index in [0.29, 0.717) is 11.3 Å². The third kappa shape index (κ3) is 4.01. The first-order chi connectivity index (χ1) is 8.61. The normalized spacial score (nSPS) is 12.1. The lowest BCUT2D eigenvalue weighted by atomic mass is 10.2. The molecule has 0 amide bonds. The quantitative estimate of drug-likeness (QED) is 0.853. The third-order valence-corrected chi connectivity index (χ3v) is 2.41. The fraction of sp³-hybridized carbons (Fsp3) is 0.455. The average molecular weight is 277 g/mol. The number of rotatable bonds is 4. The molecule has 0 saturated heterocycles. The molecule has 8 heteroatoms. The van der Waals surface area contributed by atoms with E-state index in [1.54, 1.807) is 6.92 Å². The Labute approximate surface area is 107 Å². The molecule has 19 heavy (non-hydrogen) atoms. The van der Waals surface area contributed by atoms with Crippen LogP contribution >= 0.6 is 0 Å². The second-order valence-electron chi connectivity index (χ2n) is 4.09. The first kappa shape index (κ1) is 15.1. The molecule has 0 aliphatic heterocycles. The number of hydrogen-bond acceptors (Lipinski definition) is 3. The summed E-state index contributed by atoms with van der Waals surface area (Å²) in [6.45, 7) is 0.465. The van der Waals surface area contributed by atoms with E-state index in [0.717, 1.165) is 11.0 Å². The molecule has 0 radical (unpaired) electrons. The maximum Gasteiger partial charge on any atom is 0.405 e. The Balaban J connectivity index is 3.15. The van der Waals surface area contributed by atoms with Crippen LogP contribution in [-0.4, -0.2) is 40.6 Å². The summed E-state index contributed by atoms with van der Waals surface area (Å²) < 4.78 is 38.5. The van der Waals surface area contributed by atoms with Gasteiger partial charge in [-0.05, 0) is 13.0 Å². The molecule has 1 rings (SSSR count). The summed E-state index contributed by atoms with van der Waals surface area (Å²) >= 11 is 0. The van der Waals surface area contributed by atoms with E-state index in [4.69, 9.17) is 5.11 Å². The lowest BCUT2D eigenvalue weighted by Crippen LogP contribution is -2.32. The van der Waals surface area contributed by atoms with E-state index in [1.807, 2.05) is 0 Å². The smallest absolute Gasteiger partial charge is 0.405 e. The highest BCUT2D eigenvalue weighted by Gasteiger charge is 2.31. The molecule has 0 fully saturated rings. The SMILES string of the molecule is Cc1nn(C)c(N(C)CC(F)(F)F)c1/C=C/C(=O)O. The lowest BCUT2D eigenvalue weighted by Gasteiger charge is -2.21. The summed E-state index contributed by atoms with van der Waals surface area (Å²) in [6, 6.07) is 0. The van der Waals surface area contributed by atoms with Gasteiger partial charge in [0.15, 0.2) is 0 Å². The van der Waals surface area contributed by atoms with Gasteiger partial charge in [-0.15, -0.1) is 0 Å². The predicted molar refractivity (Wildman–Crippen MR) is 63.9 cm³/mol. The van der Waals surface area contributed by atoms with Crippen LogP contribution in [-0.2, 0) is 11.8 Å². The second-order valence-corrected chi connectivity index (χ2v) is 4.09. The molecule has 1 heterocycles. The van der Waals surface area contributed by atoms with E-state index in [9.17, 15) is 18.0 Å². The molecule has 106 valence electrons. The highest BCUT2D eigenvalue weighted by molar-refractivity contribution is 5.87. The minimum atomic E-state index is -4.35. The van der Waals surface area contributed by atoms with Gasteiger partial charge in [0.25, 0.3) is 0 Å².